The van der Waals surface area contributed by atoms with Crippen LogP contribution in [0.25, 0.3) is 11.1 Å². The number of carbonyl (C=O) groups excluding carboxylic acids is 1. The smallest absolute Gasteiger partial charge is 0.255 e. The maximum absolute atomic E-state index is 11.7. The summed E-state index contributed by atoms with van der Waals surface area (Å²) in [6, 6.07) is 1.50. The molecule has 0 aliphatic rings. The van der Waals surface area contributed by atoms with Crippen molar-refractivity contribution in [1.82, 2.24) is 20.2 Å². The molecule has 0 radical (unpaired) electrons. The summed E-state index contributed by atoms with van der Waals surface area (Å²) in [6.45, 7) is 0. The number of aromatic nitrogens is 2. The number of aromatic hydroxyl groups is 1. The first-order valence-electron chi connectivity index (χ1n) is 5.93. The number of pyridine rings is 1. The summed E-state index contributed by atoms with van der Waals surface area (Å²) in [5.41, 5.74) is 1.83. The third-order valence-corrected chi connectivity index (χ3v) is 2.85. The highest BCUT2D eigenvalue weighted by atomic mass is 16.3. The van der Waals surface area contributed by atoms with Crippen LogP contribution in [0.5, 0.6) is 5.75 Å². The first kappa shape index (κ1) is 13.6. The van der Waals surface area contributed by atoms with Crippen LogP contribution in [0.4, 0.5) is 0 Å². The Morgan fingerprint density at radius 3 is 2.85 bits per heavy atom. The van der Waals surface area contributed by atoms with Gasteiger partial charge in [-0.05, 0) is 6.07 Å². The van der Waals surface area contributed by atoms with Crippen molar-refractivity contribution in [3.63, 3.8) is 0 Å². The maximum Gasteiger partial charge on any atom is 0.255 e. The minimum absolute atomic E-state index is 0.0672. The normalized spacial score (nSPS) is 11.4. The lowest BCUT2D eigenvalue weighted by Crippen LogP contribution is -2.17. The summed E-state index contributed by atoms with van der Waals surface area (Å²) in [5, 5.41) is 26.9. The van der Waals surface area contributed by atoms with Gasteiger partial charge < -0.3 is 21.1 Å². The highest BCUT2D eigenvalue weighted by Crippen LogP contribution is 2.26. The lowest BCUT2D eigenvalue weighted by molar-refractivity contribution is 0.0964. The molecule has 0 aliphatic heterocycles. The zero-order valence-electron chi connectivity index (χ0n) is 11.1. The summed E-state index contributed by atoms with van der Waals surface area (Å²) < 4.78 is 1.42. The third kappa shape index (κ3) is 2.20. The Morgan fingerprint density at radius 2 is 2.25 bits per heavy atom. The zero-order valence-corrected chi connectivity index (χ0v) is 11.1. The van der Waals surface area contributed by atoms with Crippen LogP contribution >= 0.6 is 0 Å². The molecular formula is C13H15N5O2. The molecule has 0 aliphatic carbocycles. The Labute approximate surface area is 115 Å². The number of hydrogen-bond donors (Lipinski definition) is 4. The molecule has 104 valence electrons. The lowest BCUT2D eigenvalue weighted by atomic mass is 10.1. The first-order valence-corrected chi connectivity index (χ1v) is 5.93. The van der Waals surface area contributed by atoms with Crippen LogP contribution in [0.15, 0.2) is 24.7 Å². The first-order chi connectivity index (χ1) is 9.62. The van der Waals surface area contributed by atoms with E-state index in [0.29, 0.717) is 22.2 Å². The second kappa shape index (κ2) is 5.43. The van der Waals surface area contributed by atoms with Gasteiger partial charge in [0.15, 0.2) is 0 Å². The minimum Gasteiger partial charge on any atom is -0.506 e. The van der Waals surface area contributed by atoms with Crippen molar-refractivity contribution in [1.29, 1.82) is 5.41 Å². The summed E-state index contributed by atoms with van der Waals surface area (Å²) in [4.78, 5) is 11.7. The molecule has 2 rings (SSSR count). The monoisotopic (exact) mass is 273 g/mol. The maximum atomic E-state index is 11.7. The lowest BCUT2D eigenvalue weighted by Gasteiger charge is -2.06. The zero-order chi connectivity index (χ0) is 14.7. The largest absolute Gasteiger partial charge is 0.506 e. The van der Waals surface area contributed by atoms with Crippen LogP contribution in [-0.2, 0) is 0 Å². The highest BCUT2D eigenvalue weighted by molar-refractivity contribution is 6.09. The number of rotatable bonds is 4. The van der Waals surface area contributed by atoms with Gasteiger partial charge >= 0.3 is 0 Å². The van der Waals surface area contributed by atoms with Gasteiger partial charge in [0.05, 0.1) is 11.8 Å². The van der Waals surface area contributed by atoms with Crippen LogP contribution in [-0.4, -0.2) is 40.9 Å². The Hall–Kier alpha value is -2.83. The number of amides is 1. The average molecular weight is 273 g/mol. The number of hydrogen-bond acceptors (Lipinski definition) is 5. The van der Waals surface area contributed by atoms with E-state index < -0.39 is 0 Å². The van der Waals surface area contributed by atoms with E-state index in [2.05, 4.69) is 15.7 Å². The molecule has 2 aromatic heterocycles. The fraction of sp³-hybridized carbons (Fsp3) is 0.154. The average Bonchev–Trinajstić information content (AvgIpc) is 2.88. The van der Waals surface area contributed by atoms with Crippen molar-refractivity contribution >= 4 is 23.2 Å². The summed E-state index contributed by atoms with van der Waals surface area (Å²) >= 11 is 0. The second-order valence-corrected chi connectivity index (χ2v) is 4.08. The molecule has 7 nitrogen and oxygen atoms in total. The van der Waals surface area contributed by atoms with Crippen molar-refractivity contribution in [2.24, 2.45) is 0 Å². The quantitative estimate of drug-likeness (QED) is 0.613. The van der Waals surface area contributed by atoms with Gasteiger partial charge in [0.2, 0.25) is 0 Å². The van der Waals surface area contributed by atoms with E-state index >= 15 is 0 Å². The molecule has 0 atom stereocenters. The Morgan fingerprint density at radius 1 is 1.50 bits per heavy atom. The molecule has 0 bridgehead atoms. The van der Waals surface area contributed by atoms with Gasteiger partial charge in [-0.25, -0.2) is 4.52 Å². The summed E-state index contributed by atoms with van der Waals surface area (Å²) in [6.07, 6.45) is 5.84. The fourth-order valence-electron chi connectivity index (χ4n) is 1.92. The van der Waals surface area contributed by atoms with Crippen LogP contribution in [0.2, 0.25) is 0 Å². The van der Waals surface area contributed by atoms with Crippen LogP contribution < -0.4 is 10.6 Å². The van der Waals surface area contributed by atoms with E-state index in [1.165, 1.54) is 30.0 Å². The van der Waals surface area contributed by atoms with Crippen molar-refractivity contribution in [3.05, 3.63) is 35.8 Å². The Kier molecular flexibility index (Phi) is 3.69. The number of fused-ring (bicyclic) bond motifs is 1. The van der Waals surface area contributed by atoms with E-state index in [-0.39, 0.29) is 11.7 Å². The number of carbonyl (C=O) groups is 1. The SMILES string of the molecule is CN/C=C(\C=N)c1cc(O)c2c(C(=O)NC)cnn2c1. The molecule has 4 N–H and O–H groups in total. The molecule has 7 heteroatoms. The molecule has 0 fully saturated rings. The molecule has 0 saturated heterocycles. The predicted molar refractivity (Wildman–Crippen MR) is 76.1 cm³/mol. The van der Waals surface area contributed by atoms with Crippen LogP contribution in [0.3, 0.4) is 0 Å². The fourth-order valence-corrected chi connectivity index (χ4v) is 1.92. The van der Waals surface area contributed by atoms with Crippen molar-refractivity contribution in [2.45, 2.75) is 0 Å². The van der Waals surface area contributed by atoms with E-state index in [4.69, 9.17) is 5.41 Å². The minimum atomic E-state index is -0.318. The van der Waals surface area contributed by atoms with Gasteiger partial charge in [0, 0.05) is 43.8 Å². The summed E-state index contributed by atoms with van der Waals surface area (Å²) in [5.74, 6) is -0.386. The molecule has 0 spiro atoms. The standard InChI is InChI=1S/C13H15N5O2/c1-15-5-9(4-14)8-3-11(19)12-10(13(20)16-2)6-17-18(12)7-8/h3-7,14-15,19H,1-2H3,(H,16,20)/b9-5+,14-4?. The molecule has 1 amide bonds. The summed E-state index contributed by atoms with van der Waals surface area (Å²) in [7, 11) is 3.24. The van der Waals surface area contributed by atoms with Gasteiger partial charge in [-0.15, -0.1) is 0 Å². The topological polar surface area (TPSA) is 103 Å². The number of nitrogens with zero attached hydrogens (tertiary/aromatic N) is 2. The van der Waals surface area contributed by atoms with E-state index in [1.807, 2.05) is 0 Å². The van der Waals surface area contributed by atoms with Gasteiger partial charge in [0.1, 0.15) is 11.3 Å². The molecular weight excluding hydrogens is 258 g/mol. The van der Waals surface area contributed by atoms with Crippen molar-refractivity contribution in [3.8, 4) is 5.75 Å². The number of nitrogens with one attached hydrogen (secondary N) is 3. The Balaban J connectivity index is 2.63. The van der Waals surface area contributed by atoms with Gasteiger partial charge in [-0.2, -0.15) is 5.10 Å². The number of allylic oxidation sites excluding steroid dienone is 1. The van der Waals surface area contributed by atoms with Crippen LogP contribution in [0.1, 0.15) is 15.9 Å². The van der Waals surface area contributed by atoms with E-state index in [0.717, 1.165) is 0 Å². The van der Waals surface area contributed by atoms with Gasteiger partial charge in [-0.3, -0.25) is 4.79 Å². The van der Waals surface area contributed by atoms with Crippen molar-refractivity contribution < 1.29 is 9.90 Å². The van der Waals surface area contributed by atoms with Gasteiger partial charge in [0.25, 0.3) is 5.91 Å². The highest BCUT2D eigenvalue weighted by Gasteiger charge is 2.16. The van der Waals surface area contributed by atoms with E-state index in [1.54, 1.807) is 19.4 Å². The van der Waals surface area contributed by atoms with Crippen molar-refractivity contribution in [2.75, 3.05) is 14.1 Å². The van der Waals surface area contributed by atoms with E-state index in [9.17, 15) is 9.90 Å². The Bertz CT molecular complexity index is 702. The molecule has 2 aromatic rings. The predicted octanol–water partition coefficient (Wildman–Crippen LogP) is 0.609. The second-order valence-electron chi connectivity index (χ2n) is 4.08. The van der Waals surface area contributed by atoms with Crippen LogP contribution in [0, 0.1) is 5.41 Å². The molecule has 20 heavy (non-hydrogen) atoms. The third-order valence-electron chi connectivity index (χ3n) is 2.85. The molecule has 0 aromatic carbocycles. The van der Waals surface area contributed by atoms with Gasteiger partial charge in [-0.1, -0.05) is 0 Å². The molecule has 0 unspecified atom stereocenters. The molecule has 2 heterocycles. The molecule has 0 saturated carbocycles.